The average Bonchev–Trinajstić information content (AvgIpc) is 3.03. The number of aromatic nitrogens is 3. The lowest BCUT2D eigenvalue weighted by atomic mass is 10.0. The second-order valence-electron chi connectivity index (χ2n) is 4.63. The van der Waals surface area contributed by atoms with Crippen LogP contribution in [-0.4, -0.2) is 25.7 Å². The molecule has 1 aromatic heterocycles. The number of carbonyl (C=O) groups is 1. The quantitative estimate of drug-likeness (QED) is 0.752. The molecule has 0 aliphatic heterocycles. The van der Waals surface area contributed by atoms with Gasteiger partial charge in [-0.2, -0.15) is 0 Å². The summed E-state index contributed by atoms with van der Waals surface area (Å²) in [4.78, 5) is 12.7. The monoisotopic (exact) mass is 313 g/mol. The van der Waals surface area contributed by atoms with Gasteiger partial charge in [0.2, 0.25) is 0 Å². The summed E-state index contributed by atoms with van der Waals surface area (Å²) in [6.45, 7) is -0.276. The molecule has 0 saturated carbocycles. The fraction of sp³-hybridized carbons (Fsp3) is 0.0625. The second-order valence-corrected chi connectivity index (χ2v) is 5.07. The van der Waals surface area contributed by atoms with Gasteiger partial charge in [-0.25, -0.2) is 0 Å². The zero-order valence-corrected chi connectivity index (χ0v) is 12.2. The number of halogens is 1. The van der Waals surface area contributed by atoms with Crippen LogP contribution in [0.5, 0.6) is 0 Å². The van der Waals surface area contributed by atoms with Crippen molar-refractivity contribution in [2.45, 2.75) is 6.61 Å². The van der Waals surface area contributed by atoms with Crippen molar-refractivity contribution in [3.05, 3.63) is 76.8 Å². The van der Waals surface area contributed by atoms with Crippen LogP contribution in [0.4, 0.5) is 0 Å². The Hall–Kier alpha value is -2.50. The maximum absolute atomic E-state index is 12.7. The van der Waals surface area contributed by atoms with Gasteiger partial charge in [-0.05, 0) is 18.2 Å². The Morgan fingerprint density at radius 2 is 1.95 bits per heavy atom. The molecule has 1 N–H and O–H groups in total. The molecule has 0 unspecified atom stereocenters. The number of nitrogens with zero attached hydrogens (tertiary/aromatic N) is 3. The van der Waals surface area contributed by atoms with Crippen LogP contribution >= 0.6 is 11.6 Å². The molecule has 0 radical (unpaired) electrons. The number of hydrogen-bond donors (Lipinski definition) is 1. The second kappa shape index (κ2) is 6.09. The highest BCUT2D eigenvalue weighted by molar-refractivity contribution is 6.31. The Morgan fingerprint density at radius 1 is 1.18 bits per heavy atom. The Bertz CT molecular complexity index is 815. The molecule has 0 bridgehead atoms. The van der Waals surface area contributed by atoms with Gasteiger partial charge in [0.1, 0.15) is 12.9 Å². The molecular weight excluding hydrogens is 302 g/mol. The van der Waals surface area contributed by atoms with Gasteiger partial charge >= 0.3 is 0 Å². The van der Waals surface area contributed by atoms with E-state index in [4.69, 9.17) is 11.6 Å². The Labute approximate surface area is 131 Å². The van der Waals surface area contributed by atoms with Crippen molar-refractivity contribution in [2.75, 3.05) is 0 Å². The Balaban J connectivity index is 2.15. The third kappa shape index (κ3) is 2.64. The molecule has 3 rings (SSSR count). The van der Waals surface area contributed by atoms with Gasteiger partial charge in [-0.3, -0.25) is 9.36 Å². The van der Waals surface area contributed by atoms with Gasteiger partial charge in [0.15, 0.2) is 11.6 Å². The number of rotatable bonds is 4. The van der Waals surface area contributed by atoms with E-state index in [1.54, 1.807) is 47.0 Å². The summed E-state index contributed by atoms with van der Waals surface area (Å²) >= 11 is 6.04. The van der Waals surface area contributed by atoms with Gasteiger partial charge in [-0.1, -0.05) is 41.9 Å². The predicted molar refractivity (Wildman–Crippen MR) is 82.2 cm³/mol. The molecule has 2 aromatic carbocycles. The third-order valence-corrected chi connectivity index (χ3v) is 3.49. The fourth-order valence-corrected chi connectivity index (χ4v) is 2.39. The van der Waals surface area contributed by atoms with E-state index in [0.717, 1.165) is 0 Å². The molecule has 0 spiro atoms. The molecule has 22 heavy (non-hydrogen) atoms. The number of aliphatic hydroxyl groups is 1. The minimum atomic E-state index is -0.276. The van der Waals surface area contributed by atoms with E-state index in [1.165, 1.54) is 6.33 Å². The summed E-state index contributed by atoms with van der Waals surface area (Å²) in [5, 5.41) is 17.4. The molecule has 0 amide bonds. The van der Waals surface area contributed by atoms with E-state index in [-0.39, 0.29) is 12.4 Å². The van der Waals surface area contributed by atoms with Crippen LogP contribution < -0.4 is 0 Å². The molecule has 0 saturated heterocycles. The van der Waals surface area contributed by atoms with Crippen LogP contribution in [0.2, 0.25) is 5.02 Å². The highest BCUT2D eigenvalue weighted by atomic mass is 35.5. The summed E-state index contributed by atoms with van der Waals surface area (Å²) in [5.41, 5.74) is 1.56. The lowest BCUT2D eigenvalue weighted by Crippen LogP contribution is -2.09. The predicted octanol–water partition coefficient (Wildman–Crippen LogP) is 2.64. The van der Waals surface area contributed by atoms with E-state index in [1.807, 2.05) is 6.07 Å². The summed E-state index contributed by atoms with van der Waals surface area (Å²) in [5.74, 6) is 0.195. The molecule has 0 atom stereocenters. The highest BCUT2D eigenvalue weighted by Gasteiger charge is 2.17. The first-order valence-electron chi connectivity index (χ1n) is 6.60. The van der Waals surface area contributed by atoms with E-state index < -0.39 is 0 Å². The normalized spacial score (nSPS) is 10.6. The number of benzene rings is 2. The molecule has 3 aromatic rings. The van der Waals surface area contributed by atoms with E-state index in [0.29, 0.717) is 27.7 Å². The summed E-state index contributed by atoms with van der Waals surface area (Å²) in [6.07, 6.45) is 1.45. The first-order valence-corrected chi connectivity index (χ1v) is 6.98. The fourth-order valence-electron chi connectivity index (χ4n) is 2.21. The molecule has 0 fully saturated rings. The van der Waals surface area contributed by atoms with Gasteiger partial charge < -0.3 is 5.11 Å². The van der Waals surface area contributed by atoms with Crippen LogP contribution in [0.15, 0.2) is 54.9 Å². The Morgan fingerprint density at radius 3 is 2.68 bits per heavy atom. The first kappa shape index (κ1) is 14.4. The molecule has 110 valence electrons. The molecule has 5 nitrogen and oxygen atoms in total. The van der Waals surface area contributed by atoms with Crippen molar-refractivity contribution in [3.63, 3.8) is 0 Å². The summed E-state index contributed by atoms with van der Waals surface area (Å²) in [7, 11) is 0. The van der Waals surface area contributed by atoms with Gasteiger partial charge in [0.05, 0.1) is 5.69 Å². The molecule has 0 aliphatic carbocycles. The largest absolute Gasteiger partial charge is 0.388 e. The SMILES string of the molecule is O=C(c1ccccc1)c1cc(Cl)ccc1-n1cnnc1CO. The van der Waals surface area contributed by atoms with Crippen LogP contribution in [0, 0.1) is 0 Å². The van der Waals surface area contributed by atoms with Gasteiger partial charge in [0, 0.05) is 16.1 Å². The lowest BCUT2D eigenvalue weighted by molar-refractivity contribution is 0.103. The lowest BCUT2D eigenvalue weighted by Gasteiger charge is -2.11. The van der Waals surface area contributed by atoms with Crippen molar-refractivity contribution in [1.82, 2.24) is 14.8 Å². The molecular formula is C16H12ClN3O2. The van der Waals surface area contributed by atoms with E-state index in [9.17, 15) is 9.90 Å². The average molecular weight is 314 g/mol. The van der Waals surface area contributed by atoms with Crippen LogP contribution in [0.3, 0.4) is 0 Å². The topological polar surface area (TPSA) is 68.0 Å². The van der Waals surface area contributed by atoms with Crippen molar-refractivity contribution in [3.8, 4) is 5.69 Å². The van der Waals surface area contributed by atoms with E-state index >= 15 is 0 Å². The van der Waals surface area contributed by atoms with Crippen LogP contribution in [0.1, 0.15) is 21.7 Å². The van der Waals surface area contributed by atoms with Crippen LogP contribution in [0.25, 0.3) is 5.69 Å². The molecule has 0 aliphatic rings. The van der Waals surface area contributed by atoms with Crippen molar-refractivity contribution in [1.29, 1.82) is 0 Å². The van der Waals surface area contributed by atoms with E-state index in [2.05, 4.69) is 10.2 Å². The summed E-state index contributed by atoms with van der Waals surface area (Å²) in [6, 6.07) is 13.9. The maximum atomic E-state index is 12.7. The smallest absolute Gasteiger partial charge is 0.195 e. The summed E-state index contributed by atoms with van der Waals surface area (Å²) < 4.78 is 1.58. The zero-order valence-electron chi connectivity index (χ0n) is 11.5. The zero-order chi connectivity index (χ0) is 15.5. The number of hydrogen-bond acceptors (Lipinski definition) is 4. The van der Waals surface area contributed by atoms with Gasteiger partial charge in [-0.15, -0.1) is 10.2 Å². The minimum absolute atomic E-state index is 0.157. The van der Waals surface area contributed by atoms with Gasteiger partial charge in [0.25, 0.3) is 0 Å². The third-order valence-electron chi connectivity index (χ3n) is 3.26. The van der Waals surface area contributed by atoms with Crippen molar-refractivity contribution < 1.29 is 9.90 Å². The number of carbonyl (C=O) groups excluding carboxylic acids is 1. The standard InChI is InChI=1S/C16H12ClN3O2/c17-12-6-7-14(20-10-18-19-15(20)9-21)13(8-12)16(22)11-4-2-1-3-5-11/h1-8,10,21H,9H2. The minimum Gasteiger partial charge on any atom is -0.388 e. The first-order chi connectivity index (χ1) is 10.7. The Kier molecular flexibility index (Phi) is 4.00. The molecule has 1 heterocycles. The van der Waals surface area contributed by atoms with Crippen molar-refractivity contribution in [2.24, 2.45) is 0 Å². The highest BCUT2D eigenvalue weighted by Crippen LogP contribution is 2.23. The van der Waals surface area contributed by atoms with Crippen LogP contribution in [-0.2, 0) is 6.61 Å². The maximum Gasteiger partial charge on any atom is 0.195 e. The molecule has 6 heteroatoms. The number of ketones is 1. The number of aliphatic hydroxyl groups excluding tert-OH is 1. The van der Waals surface area contributed by atoms with Crippen molar-refractivity contribution >= 4 is 17.4 Å².